The van der Waals surface area contributed by atoms with Crippen molar-refractivity contribution in [1.29, 1.82) is 0 Å². The highest BCUT2D eigenvalue weighted by molar-refractivity contribution is 4.93. The molecule has 1 atom stereocenters. The van der Waals surface area contributed by atoms with Crippen molar-refractivity contribution in [2.45, 2.75) is 12.6 Å². The molecule has 0 unspecified atom stereocenters. The van der Waals surface area contributed by atoms with E-state index in [1.54, 1.807) is 0 Å². The van der Waals surface area contributed by atoms with Crippen LogP contribution in [0.1, 0.15) is 6.42 Å². The van der Waals surface area contributed by atoms with Crippen LogP contribution in [0, 0.1) is 5.41 Å². The first-order chi connectivity index (χ1) is 5.91. The normalized spacial score (nSPS) is 31.2. The fourth-order valence-electron chi connectivity index (χ4n) is 1.61. The summed E-state index contributed by atoms with van der Waals surface area (Å²) in [5, 5.41) is 1.19. The second-order valence-electron chi connectivity index (χ2n) is 3.43. The molecule has 1 aliphatic heterocycles. The first kappa shape index (κ1) is 10.7. The van der Waals surface area contributed by atoms with E-state index in [1.165, 1.54) is 12.1 Å². The van der Waals surface area contributed by atoms with Gasteiger partial charge >= 0.3 is 6.18 Å². The molecule has 2 N–H and O–H groups in total. The Hall–Kier alpha value is -0.330. The SMILES string of the molecule is COC[C@@]1(C(F)(F)F)CCN(N)C1. The number of rotatable bonds is 2. The van der Waals surface area contributed by atoms with Crippen molar-refractivity contribution in [3.8, 4) is 0 Å². The van der Waals surface area contributed by atoms with Crippen molar-refractivity contribution < 1.29 is 17.9 Å². The molecular formula is C7H13F3N2O. The number of methoxy groups -OCH3 is 1. The average molecular weight is 198 g/mol. The summed E-state index contributed by atoms with van der Waals surface area (Å²) in [4.78, 5) is 0. The summed E-state index contributed by atoms with van der Waals surface area (Å²) in [7, 11) is 1.27. The minimum absolute atomic E-state index is 0.0147. The van der Waals surface area contributed by atoms with Gasteiger partial charge in [0.25, 0.3) is 0 Å². The van der Waals surface area contributed by atoms with Gasteiger partial charge in [0, 0.05) is 20.2 Å². The molecule has 0 amide bonds. The minimum Gasteiger partial charge on any atom is -0.384 e. The predicted molar refractivity (Wildman–Crippen MR) is 40.7 cm³/mol. The maximum Gasteiger partial charge on any atom is 0.398 e. The Kier molecular flexibility index (Phi) is 2.84. The van der Waals surface area contributed by atoms with Crippen LogP contribution in [0.4, 0.5) is 13.2 Å². The molecule has 0 aromatic rings. The fourth-order valence-corrected chi connectivity index (χ4v) is 1.61. The smallest absolute Gasteiger partial charge is 0.384 e. The zero-order chi connectivity index (χ0) is 10.1. The highest BCUT2D eigenvalue weighted by Gasteiger charge is 2.57. The number of nitrogens with zero attached hydrogens (tertiary/aromatic N) is 1. The first-order valence-corrected chi connectivity index (χ1v) is 3.97. The number of nitrogens with two attached hydrogens (primary N) is 1. The summed E-state index contributed by atoms with van der Waals surface area (Å²) in [6.07, 6.45) is -4.22. The number of halogens is 3. The summed E-state index contributed by atoms with van der Waals surface area (Å²) in [5.74, 6) is 5.32. The van der Waals surface area contributed by atoms with E-state index in [0.717, 1.165) is 0 Å². The molecule has 1 rings (SSSR count). The zero-order valence-corrected chi connectivity index (χ0v) is 7.40. The summed E-state index contributed by atoms with van der Waals surface area (Å²) >= 11 is 0. The second kappa shape index (κ2) is 3.43. The molecule has 1 aliphatic rings. The van der Waals surface area contributed by atoms with Crippen LogP contribution in [0.3, 0.4) is 0 Å². The van der Waals surface area contributed by atoms with Gasteiger partial charge in [0.1, 0.15) is 5.41 Å². The van der Waals surface area contributed by atoms with E-state index in [2.05, 4.69) is 4.74 Å². The molecule has 1 heterocycles. The van der Waals surface area contributed by atoms with Gasteiger partial charge in [0.15, 0.2) is 0 Å². The van der Waals surface area contributed by atoms with Gasteiger partial charge in [-0.1, -0.05) is 0 Å². The van der Waals surface area contributed by atoms with Crippen LogP contribution in [-0.4, -0.2) is 38.0 Å². The molecule has 1 saturated heterocycles. The summed E-state index contributed by atoms with van der Waals surface area (Å²) in [5.41, 5.74) is -1.77. The maximum atomic E-state index is 12.6. The van der Waals surface area contributed by atoms with E-state index in [-0.39, 0.29) is 26.1 Å². The van der Waals surface area contributed by atoms with Crippen LogP contribution < -0.4 is 5.84 Å². The Morgan fingerprint density at radius 2 is 2.15 bits per heavy atom. The summed E-state index contributed by atoms with van der Waals surface area (Å²) in [6, 6.07) is 0. The van der Waals surface area contributed by atoms with Crippen LogP contribution in [-0.2, 0) is 4.74 Å². The third-order valence-electron chi connectivity index (χ3n) is 2.41. The summed E-state index contributed by atoms with van der Waals surface area (Å²) < 4.78 is 42.4. The fraction of sp³-hybridized carbons (Fsp3) is 1.00. The zero-order valence-electron chi connectivity index (χ0n) is 7.40. The average Bonchev–Trinajstić information content (AvgIpc) is 2.32. The molecule has 0 radical (unpaired) electrons. The lowest BCUT2D eigenvalue weighted by molar-refractivity contribution is -0.233. The monoisotopic (exact) mass is 198 g/mol. The first-order valence-electron chi connectivity index (χ1n) is 3.97. The predicted octanol–water partition coefficient (Wildman–Crippen LogP) is 0.761. The van der Waals surface area contributed by atoms with Crippen molar-refractivity contribution in [3.63, 3.8) is 0 Å². The van der Waals surface area contributed by atoms with E-state index < -0.39 is 11.6 Å². The number of hydrogen-bond acceptors (Lipinski definition) is 3. The molecule has 0 aliphatic carbocycles. The molecule has 0 saturated carbocycles. The van der Waals surface area contributed by atoms with Gasteiger partial charge in [-0.3, -0.25) is 5.84 Å². The van der Waals surface area contributed by atoms with Gasteiger partial charge in [-0.15, -0.1) is 0 Å². The minimum atomic E-state index is -4.24. The molecule has 0 aromatic carbocycles. The third kappa shape index (κ3) is 1.95. The number of hydrogen-bond donors (Lipinski definition) is 1. The third-order valence-corrected chi connectivity index (χ3v) is 2.41. The van der Waals surface area contributed by atoms with E-state index in [9.17, 15) is 13.2 Å². The van der Waals surface area contributed by atoms with Crippen molar-refractivity contribution in [3.05, 3.63) is 0 Å². The molecule has 0 bridgehead atoms. The Bertz CT molecular complexity index is 181. The standard InChI is InChI=1S/C7H13F3N2O/c1-13-5-6(7(8,9)10)2-3-12(11)4-6/h2-5,11H2,1H3/t6-/m1/s1. The topological polar surface area (TPSA) is 38.5 Å². The van der Waals surface area contributed by atoms with Gasteiger partial charge < -0.3 is 4.74 Å². The largest absolute Gasteiger partial charge is 0.398 e. The Balaban J connectivity index is 2.77. The van der Waals surface area contributed by atoms with Crippen LogP contribution in [0.5, 0.6) is 0 Å². The molecular weight excluding hydrogens is 185 g/mol. The quantitative estimate of drug-likeness (QED) is 0.666. The molecule has 3 nitrogen and oxygen atoms in total. The van der Waals surface area contributed by atoms with Crippen molar-refractivity contribution in [1.82, 2.24) is 5.01 Å². The van der Waals surface area contributed by atoms with Gasteiger partial charge in [-0.2, -0.15) is 13.2 Å². The van der Waals surface area contributed by atoms with Gasteiger partial charge in [0.2, 0.25) is 0 Å². The number of alkyl halides is 3. The molecule has 1 fully saturated rings. The molecule has 0 spiro atoms. The lowest BCUT2D eigenvalue weighted by Crippen LogP contribution is -2.45. The lowest BCUT2D eigenvalue weighted by atomic mass is 9.87. The van der Waals surface area contributed by atoms with Crippen molar-refractivity contribution in [2.75, 3.05) is 26.8 Å². The number of ether oxygens (including phenoxy) is 1. The Morgan fingerprint density at radius 3 is 2.46 bits per heavy atom. The molecule has 6 heteroatoms. The van der Waals surface area contributed by atoms with Gasteiger partial charge in [0.05, 0.1) is 6.61 Å². The van der Waals surface area contributed by atoms with Crippen LogP contribution in [0.25, 0.3) is 0 Å². The maximum absolute atomic E-state index is 12.6. The molecule has 78 valence electrons. The van der Waals surface area contributed by atoms with E-state index in [0.29, 0.717) is 0 Å². The van der Waals surface area contributed by atoms with Gasteiger partial charge in [-0.05, 0) is 6.42 Å². The molecule has 13 heavy (non-hydrogen) atoms. The van der Waals surface area contributed by atoms with Crippen molar-refractivity contribution in [2.24, 2.45) is 11.3 Å². The highest BCUT2D eigenvalue weighted by Crippen LogP contribution is 2.44. The Morgan fingerprint density at radius 1 is 1.54 bits per heavy atom. The molecule has 0 aromatic heterocycles. The highest BCUT2D eigenvalue weighted by atomic mass is 19.4. The number of hydrazine groups is 1. The Labute approximate surface area is 74.6 Å². The summed E-state index contributed by atoms with van der Waals surface area (Å²) in [6.45, 7) is -0.225. The van der Waals surface area contributed by atoms with Crippen molar-refractivity contribution >= 4 is 0 Å². The van der Waals surface area contributed by atoms with Crippen LogP contribution >= 0.6 is 0 Å². The van der Waals surface area contributed by atoms with E-state index >= 15 is 0 Å². The van der Waals surface area contributed by atoms with Gasteiger partial charge in [-0.25, -0.2) is 5.01 Å². The second-order valence-corrected chi connectivity index (χ2v) is 3.43. The van der Waals surface area contributed by atoms with E-state index in [1.807, 2.05) is 0 Å². The van der Waals surface area contributed by atoms with Crippen LogP contribution in [0.2, 0.25) is 0 Å². The lowest BCUT2D eigenvalue weighted by Gasteiger charge is -2.30. The van der Waals surface area contributed by atoms with E-state index in [4.69, 9.17) is 5.84 Å². The van der Waals surface area contributed by atoms with Crippen LogP contribution in [0.15, 0.2) is 0 Å².